The summed E-state index contributed by atoms with van der Waals surface area (Å²) >= 11 is 1.27. The fourth-order valence-electron chi connectivity index (χ4n) is 4.80. The SMILES string of the molecule is CCN(CC)CCN1C(=O)C(O)=C(C(=O)c2sc3nc4ccccc4n3c2C)[C@H]1c1ccc(C)o1. The first kappa shape index (κ1) is 23.3. The second kappa shape index (κ2) is 8.98. The first-order valence-corrected chi connectivity index (χ1v) is 12.6. The summed E-state index contributed by atoms with van der Waals surface area (Å²) in [5.74, 6) is -0.302. The molecule has 4 heterocycles. The lowest BCUT2D eigenvalue weighted by Crippen LogP contribution is -2.38. The predicted octanol–water partition coefficient (Wildman–Crippen LogP) is 4.68. The normalized spacial score (nSPS) is 16.5. The highest BCUT2D eigenvalue weighted by molar-refractivity contribution is 7.19. The van der Waals surface area contributed by atoms with Crippen molar-refractivity contribution in [2.45, 2.75) is 33.7 Å². The zero-order chi connectivity index (χ0) is 24.9. The third-order valence-electron chi connectivity index (χ3n) is 6.72. The van der Waals surface area contributed by atoms with Crippen molar-refractivity contribution in [2.24, 2.45) is 0 Å². The molecule has 0 saturated heterocycles. The van der Waals surface area contributed by atoms with Crippen LogP contribution >= 0.6 is 11.3 Å². The van der Waals surface area contributed by atoms with E-state index in [-0.39, 0.29) is 11.4 Å². The maximum atomic E-state index is 13.9. The van der Waals surface area contributed by atoms with Crippen LogP contribution < -0.4 is 0 Å². The number of hydrogen-bond donors (Lipinski definition) is 1. The molecule has 0 bridgehead atoms. The molecule has 0 unspecified atom stereocenters. The largest absolute Gasteiger partial charge is 0.503 e. The van der Waals surface area contributed by atoms with Gasteiger partial charge in [-0.3, -0.25) is 14.0 Å². The van der Waals surface area contributed by atoms with Gasteiger partial charge in [-0.2, -0.15) is 0 Å². The van der Waals surface area contributed by atoms with Gasteiger partial charge in [0.15, 0.2) is 10.7 Å². The summed E-state index contributed by atoms with van der Waals surface area (Å²) in [6.45, 7) is 10.5. The maximum Gasteiger partial charge on any atom is 0.290 e. The number of carbonyl (C=O) groups excluding carboxylic acids is 2. The molecule has 1 atom stereocenters. The van der Waals surface area contributed by atoms with Gasteiger partial charge in [0.25, 0.3) is 5.91 Å². The van der Waals surface area contributed by atoms with E-state index in [2.05, 4.69) is 23.7 Å². The zero-order valence-corrected chi connectivity index (χ0v) is 21.1. The number of para-hydroxylation sites is 2. The molecule has 4 aromatic rings. The van der Waals surface area contributed by atoms with Gasteiger partial charge in [-0.05, 0) is 51.2 Å². The number of imidazole rings is 1. The minimum Gasteiger partial charge on any atom is -0.503 e. The molecule has 1 aliphatic heterocycles. The number of aryl methyl sites for hydroxylation is 2. The van der Waals surface area contributed by atoms with Gasteiger partial charge in [-0.25, -0.2) is 4.98 Å². The first-order chi connectivity index (χ1) is 16.8. The van der Waals surface area contributed by atoms with Crippen molar-refractivity contribution in [2.75, 3.05) is 26.2 Å². The number of hydrogen-bond acceptors (Lipinski definition) is 7. The van der Waals surface area contributed by atoms with Gasteiger partial charge in [0, 0.05) is 18.8 Å². The van der Waals surface area contributed by atoms with Crippen molar-refractivity contribution in [3.63, 3.8) is 0 Å². The highest BCUT2D eigenvalue weighted by atomic mass is 32.1. The Labute approximate surface area is 207 Å². The molecule has 0 aliphatic carbocycles. The summed E-state index contributed by atoms with van der Waals surface area (Å²) in [7, 11) is 0. The van der Waals surface area contributed by atoms with Gasteiger partial charge in [-0.15, -0.1) is 0 Å². The van der Waals surface area contributed by atoms with Crippen LogP contribution in [0.3, 0.4) is 0 Å². The van der Waals surface area contributed by atoms with Crippen LogP contribution in [0.4, 0.5) is 0 Å². The minimum absolute atomic E-state index is 0.0563. The minimum atomic E-state index is -0.787. The number of furan rings is 1. The number of Topliss-reactive ketones (excluding diaryl/α,β-unsaturated/α-hetero) is 1. The Morgan fingerprint density at radius 3 is 2.60 bits per heavy atom. The second-order valence-corrected chi connectivity index (χ2v) is 9.68. The fraction of sp³-hybridized carbons (Fsp3) is 0.346. The molecular formula is C26H28N4O4S. The molecule has 1 N–H and O–H groups in total. The van der Waals surface area contributed by atoms with E-state index in [4.69, 9.17) is 4.42 Å². The summed E-state index contributed by atoms with van der Waals surface area (Å²) in [5, 5.41) is 11.0. The Hall–Kier alpha value is -3.43. The Bertz CT molecular complexity index is 1470. The van der Waals surface area contributed by atoms with Crippen LogP contribution in [-0.2, 0) is 4.79 Å². The number of rotatable bonds is 8. The van der Waals surface area contributed by atoms with E-state index < -0.39 is 17.7 Å². The average molecular weight is 493 g/mol. The number of aromatic nitrogens is 2. The third kappa shape index (κ3) is 3.75. The van der Waals surface area contributed by atoms with E-state index in [0.717, 1.165) is 29.8 Å². The molecule has 1 aromatic carbocycles. The van der Waals surface area contributed by atoms with Crippen molar-refractivity contribution in [3.8, 4) is 0 Å². The second-order valence-electron chi connectivity index (χ2n) is 8.70. The Morgan fingerprint density at radius 2 is 1.91 bits per heavy atom. The van der Waals surface area contributed by atoms with Crippen molar-refractivity contribution < 1.29 is 19.1 Å². The molecule has 35 heavy (non-hydrogen) atoms. The van der Waals surface area contributed by atoms with Crippen LogP contribution in [0.2, 0.25) is 0 Å². The smallest absolute Gasteiger partial charge is 0.290 e. The highest BCUT2D eigenvalue weighted by Gasteiger charge is 2.46. The Kier molecular flexibility index (Phi) is 5.98. The number of likely N-dealkylation sites (N-methyl/N-ethyl adjacent to an activating group) is 1. The average Bonchev–Trinajstić information content (AvgIpc) is 3.58. The standard InChI is InChI=1S/C26H28N4O4S/c1-5-28(6-2)13-14-29-21(19-12-11-15(3)34-19)20(23(32)25(29)33)22(31)24-16(4)30-18-10-8-7-9-17(18)27-26(30)35-24/h7-12,21,32H,5-6,13-14H2,1-4H3/t21-/m1/s1. The van der Waals surface area contributed by atoms with E-state index >= 15 is 0 Å². The van der Waals surface area contributed by atoms with Crippen molar-refractivity contribution in [1.82, 2.24) is 19.2 Å². The van der Waals surface area contributed by atoms with E-state index in [1.54, 1.807) is 17.0 Å². The van der Waals surface area contributed by atoms with Gasteiger partial charge in [0.05, 0.1) is 21.5 Å². The number of nitrogens with zero attached hydrogens (tertiary/aromatic N) is 4. The lowest BCUT2D eigenvalue weighted by molar-refractivity contribution is -0.129. The number of ketones is 1. The summed E-state index contributed by atoms with van der Waals surface area (Å²) < 4.78 is 7.83. The van der Waals surface area contributed by atoms with Gasteiger partial charge in [0.2, 0.25) is 5.78 Å². The summed E-state index contributed by atoms with van der Waals surface area (Å²) in [6.07, 6.45) is 0. The number of benzene rings is 1. The van der Waals surface area contributed by atoms with E-state index in [1.807, 2.05) is 42.5 Å². The molecule has 1 aliphatic rings. The predicted molar refractivity (Wildman–Crippen MR) is 135 cm³/mol. The molecule has 1 amide bonds. The molecule has 9 heteroatoms. The number of aliphatic hydroxyl groups is 1. The summed E-state index contributed by atoms with van der Waals surface area (Å²) in [4.78, 5) is 36.7. The van der Waals surface area contributed by atoms with Gasteiger partial charge in [-0.1, -0.05) is 37.3 Å². The van der Waals surface area contributed by atoms with E-state index in [0.29, 0.717) is 34.4 Å². The lowest BCUT2D eigenvalue weighted by Gasteiger charge is -2.27. The molecule has 182 valence electrons. The molecule has 3 aromatic heterocycles. The monoisotopic (exact) mass is 492 g/mol. The summed E-state index contributed by atoms with van der Waals surface area (Å²) in [6, 6.07) is 10.5. The number of aliphatic hydroxyl groups excluding tert-OH is 1. The van der Waals surface area contributed by atoms with Crippen LogP contribution in [0.1, 0.15) is 46.8 Å². The van der Waals surface area contributed by atoms with Crippen molar-refractivity contribution >= 4 is 39.0 Å². The molecule has 0 saturated carbocycles. The fourth-order valence-corrected chi connectivity index (χ4v) is 5.89. The van der Waals surface area contributed by atoms with Crippen LogP contribution in [0.15, 0.2) is 52.1 Å². The Balaban J connectivity index is 1.58. The topological polar surface area (TPSA) is 91.3 Å². The highest BCUT2D eigenvalue weighted by Crippen LogP contribution is 2.41. The lowest BCUT2D eigenvalue weighted by atomic mass is 9.99. The van der Waals surface area contributed by atoms with Crippen LogP contribution in [-0.4, -0.2) is 62.2 Å². The van der Waals surface area contributed by atoms with Crippen molar-refractivity contribution in [1.29, 1.82) is 0 Å². The number of thiazole rings is 1. The third-order valence-corrected chi connectivity index (χ3v) is 7.87. The molecule has 0 radical (unpaired) electrons. The van der Waals surface area contributed by atoms with Crippen LogP contribution in [0.5, 0.6) is 0 Å². The quantitative estimate of drug-likeness (QED) is 0.359. The van der Waals surface area contributed by atoms with Gasteiger partial charge < -0.3 is 19.3 Å². The molecule has 0 spiro atoms. The van der Waals surface area contributed by atoms with Gasteiger partial charge in [0.1, 0.15) is 17.6 Å². The van der Waals surface area contributed by atoms with Crippen molar-refractivity contribution in [3.05, 3.63) is 69.8 Å². The number of amides is 1. The molecule has 5 rings (SSSR count). The van der Waals surface area contributed by atoms with Gasteiger partial charge >= 0.3 is 0 Å². The van der Waals surface area contributed by atoms with E-state index in [9.17, 15) is 14.7 Å². The molecular weight excluding hydrogens is 464 g/mol. The first-order valence-electron chi connectivity index (χ1n) is 11.8. The number of fused-ring (bicyclic) bond motifs is 3. The van der Waals surface area contributed by atoms with Crippen LogP contribution in [0, 0.1) is 13.8 Å². The summed E-state index contributed by atoms with van der Waals surface area (Å²) in [5.41, 5.74) is 2.55. The molecule has 8 nitrogen and oxygen atoms in total. The molecule has 0 fully saturated rings. The zero-order valence-electron chi connectivity index (χ0n) is 20.2. The maximum absolute atomic E-state index is 13.9. The van der Waals surface area contributed by atoms with E-state index in [1.165, 1.54) is 11.3 Å². The Morgan fingerprint density at radius 1 is 1.17 bits per heavy atom. The number of carbonyl (C=O) groups is 2. The van der Waals surface area contributed by atoms with Crippen LogP contribution in [0.25, 0.3) is 16.0 Å².